The van der Waals surface area contributed by atoms with Crippen molar-refractivity contribution in [3.63, 3.8) is 0 Å². The Kier molecular flexibility index (Phi) is 3.18. The maximum atomic E-state index is 11.8. The van der Waals surface area contributed by atoms with Crippen LogP contribution in [-0.2, 0) is 11.2 Å². The Balaban J connectivity index is 1.70. The van der Waals surface area contributed by atoms with Gasteiger partial charge in [0.15, 0.2) is 5.78 Å². The molecule has 1 aliphatic carbocycles. The number of nitrogens with one attached hydrogen (secondary N) is 1. The zero-order chi connectivity index (χ0) is 12.4. The number of hydrogen-bond acceptors (Lipinski definition) is 2. The second-order valence-electron chi connectivity index (χ2n) is 5.30. The minimum atomic E-state index is 0.377. The predicted molar refractivity (Wildman–Crippen MR) is 72.2 cm³/mol. The molecule has 0 aromatic heterocycles. The zero-order valence-electron chi connectivity index (χ0n) is 10.6. The smallest absolute Gasteiger partial charge is 0.160 e. The lowest BCUT2D eigenvalue weighted by molar-refractivity contribution is -0.116. The van der Waals surface area contributed by atoms with E-state index in [4.69, 9.17) is 0 Å². The van der Waals surface area contributed by atoms with Crippen molar-refractivity contribution in [1.82, 2.24) is 5.32 Å². The number of carbonyl (C=O) groups excluding carboxylic acids is 1. The molecule has 18 heavy (non-hydrogen) atoms. The molecule has 0 saturated carbocycles. The quantitative estimate of drug-likeness (QED) is 0.862. The van der Waals surface area contributed by atoms with Crippen LogP contribution >= 0.6 is 0 Å². The predicted octanol–water partition coefficient (Wildman–Crippen LogP) is 2.99. The molecular weight excluding hydrogens is 222 g/mol. The number of ketones is 1. The highest BCUT2D eigenvalue weighted by Gasteiger charge is 2.26. The van der Waals surface area contributed by atoms with Crippen LogP contribution in [0.5, 0.6) is 0 Å². The van der Waals surface area contributed by atoms with Gasteiger partial charge >= 0.3 is 0 Å². The summed E-state index contributed by atoms with van der Waals surface area (Å²) in [6, 6.07) is 11.1. The van der Waals surface area contributed by atoms with Crippen molar-refractivity contribution in [2.75, 3.05) is 0 Å². The van der Waals surface area contributed by atoms with E-state index in [1.54, 1.807) is 0 Å². The highest BCUT2D eigenvalue weighted by molar-refractivity contribution is 5.96. The van der Waals surface area contributed by atoms with Gasteiger partial charge in [0.05, 0.1) is 0 Å². The van der Waals surface area contributed by atoms with Crippen molar-refractivity contribution in [3.8, 4) is 0 Å². The topological polar surface area (TPSA) is 29.1 Å². The maximum absolute atomic E-state index is 11.8. The molecule has 1 aromatic carbocycles. The molecule has 0 spiro atoms. The molecule has 1 aliphatic heterocycles. The number of rotatable bonds is 2. The Bertz CT molecular complexity index is 475. The van der Waals surface area contributed by atoms with E-state index < -0.39 is 0 Å². The largest absolute Gasteiger partial charge is 0.385 e. The Labute approximate surface area is 108 Å². The minimum Gasteiger partial charge on any atom is -0.385 e. The van der Waals surface area contributed by atoms with Crippen LogP contribution in [0.1, 0.15) is 37.7 Å². The Morgan fingerprint density at radius 2 is 1.94 bits per heavy atom. The summed E-state index contributed by atoms with van der Waals surface area (Å²) in [5, 5.41) is 3.59. The average Bonchev–Trinajstić information content (AvgIpc) is 2.40. The van der Waals surface area contributed by atoms with Gasteiger partial charge in [-0.2, -0.15) is 0 Å². The number of benzene rings is 1. The van der Waals surface area contributed by atoms with E-state index in [2.05, 4.69) is 35.6 Å². The normalized spacial score (nSPS) is 23.6. The minimum absolute atomic E-state index is 0.377. The van der Waals surface area contributed by atoms with E-state index in [1.165, 1.54) is 11.3 Å². The van der Waals surface area contributed by atoms with Gasteiger partial charge in [-0.15, -0.1) is 0 Å². The number of hydrogen-bond donors (Lipinski definition) is 1. The maximum Gasteiger partial charge on any atom is 0.160 e. The van der Waals surface area contributed by atoms with Gasteiger partial charge in [-0.1, -0.05) is 30.3 Å². The van der Waals surface area contributed by atoms with Crippen LogP contribution < -0.4 is 5.32 Å². The van der Waals surface area contributed by atoms with Gasteiger partial charge in [0.1, 0.15) is 0 Å². The second-order valence-corrected chi connectivity index (χ2v) is 5.30. The second kappa shape index (κ2) is 4.97. The van der Waals surface area contributed by atoms with Crippen LogP contribution in [-0.4, -0.2) is 11.8 Å². The molecule has 0 unspecified atom stereocenters. The van der Waals surface area contributed by atoms with Crippen molar-refractivity contribution < 1.29 is 4.79 Å². The summed E-state index contributed by atoms with van der Waals surface area (Å²) in [4.78, 5) is 11.8. The lowest BCUT2D eigenvalue weighted by Crippen LogP contribution is -2.37. The van der Waals surface area contributed by atoms with Gasteiger partial charge in [0.2, 0.25) is 0 Å². The van der Waals surface area contributed by atoms with E-state index in [-0.39, 0.29) is 0 Å². The van der Waals surface area contributed by atoms with E-state index in [9.17, 15) is 4.79 Å². The Hall–Kier alpha value is -1.57. The molecule has 0 fully saturated rings. The lowest BCUT2D eigenvalue weighted by Gasteiger charge is -2.31. The summed E-state index contributed by atoms with van der Waals surface area (Å²) in [6.07, 6.45) is 5.95. The fraction of sp³-hybridized carbons (Fsp3) is 0.438. The van der Waals surface area contributed by atoms with Gasteiger partial charge in [-0.3, -0.25) is 4.79 Å². The highest BCUT2D eigenvalue weighted by Crippen LogP contribution is 2.29. The average molecular weight is 241 g/mol. The standard InChI is InChI=1S/C16H19NO/c18-16-8-4-7-15-14(16)10-9-13(17-15)11-12-5-2-1-3-6-12/h1-3,5-6,13,17H,4,7-11H2/t13-/m1/s1. The molecule has 3 rings (SSSR count). The summed E-state index contributed by atoms with van der Waals surface area (Å²) >= 11 is 0. The fourth-order valence-electron chi connectivity index (χ4n) is 3.03. The van der Waals surface area contributed by atoms with Gasteiger partial charge in [-0.25, -0.2) is 0 Å². The third-order valence-corrected chi connectivity index (χ3v) is 3.98. The Morgan fingerprint density at radius 1 is 1.11 bits per heavy atom. The first kappa shape index (κ1) is 11.5. The molecule has 1 atom stereocenters. The van der Waals surface area contributed by atoms with Crippen LogP contribution in [0.15, 0.2) is 41.6 Å². The first-order chi connectivity index (χ1) is 8.83. The molecule has 2 nitrogen and oxygen atoms in total. The van der Waals surface area contributed by atoms with Crippen molar-refractivity contribution in [3.05, 3.63) is 47.2 Å². The monoisotopic (exact) mass is 241 g/mol. The molecule has 2 aliphatic rings. The summed E-state index contributed by atoms with van der Waals surface area (Å²) < 4.78 is 0. The summed E-state index contributed by atoms with van der Waals surface area (Å²) in [7, 11) is 0. The highest BCUT2D eigenvalue weighted by atomic mass is 16.1. The first-order valence-corrected chi connectivity index (χ1v) is 6.88. The molecule has 0 bridgehead atoms. The summed E-state index contributed by atoms with van der Waals surface area (Å²) in [5.41, 5.74) is 3.70. The van der Waals surface area contributed by atoms with Gasteiger partial charge in [-0.05, 0) is 37.7 Å². The molecule has 0 saturated heterocycles. The summed E-state index contributed by atoms with van der Waals surface area (Å²) in [6.45, 7) is 0. The SMILES string of the molecule is O=C1CCCC2=C1CC[C@H](Cc1ccccc1)N2. The molecule has 0 radical (unpaired) electrons. The van der Waals surface area contributed by atoms with E-state index in [1.807, 2.05) is 0 Å². The molecule has 1 heterocycles. The molecule has 1 aromatic rings. The van der Waals surface area contributed by atoms with Crippen LogP contribution in [0.25, 0.3) is 0 Å². The van der Waals surface area contributed by atoms with Crippen LogP contribution in [0.3, 0.4) is 0 Å². The molecule has 0 amide bonds. The number of allylic oxidation sites excluding steroid dienone is 2. The first-order valence-electron chi connectivity index (χ1n) is 6.88. The fourth-order valence-corrected chi connectivity index (χ4v) is 3.03. The van der Waals surface area contributed by atoms with Gasteiger partial charge in [0.25, 0.3) is 0 Å². The van der Waals surface area contributed by atoms with E-state index in [0.29, 0.717) is 11.8 Å². The van der Waals surface area contributed by atoms with Gasteiger partial charge in [0, 0.05) is 23.7 Å². The van der Waals surface area contributed by atoms with Gasteiger partial charge < -0.3 is 5.32 Å². The Morgan fingerprint density at radius 3 is 2.78 bits per heavy atom. The van der Waals surface area contributed by atoms with Crippen molar-refractivity contribution in [2.45, 2.75) is 44.6 Å². The molecule has 1 N–H and O–H groups in total. The van der Waals surface area contributed by atoms with Crippen molar-refractivity contribution in [1.29, 1.82) is 0 Å². The molecule has 2 heteroatoms. The molecule has 94 valence electrons. The number of carbonyl (C=O) groups is 1. The van der Waals surface area contributed by atoms with E-state index in [0.717, 1.165) is 44.1 Å². The van der Waals surface area contributed by atoms with Crippen LogP contribution in [0, 0.1) is 0 Å². The van der Waals surface area contributed by atoms with Crippen LogP contribution in [0.4, 0.5) is 0 Å². The summed E-state index contributed by atoms with van der Waals surface area (Å²) in [5.74, 6) is 0.377. The third kappa shape index (κ3) is 2.33. The van der Waals surface area contributed by atoms with Crippen molar-refractivity contribution in [2.24, 2.45) is 0 Å². The van der Waals surface area contributed by atoms with Crippen molar-refractivity contribution >= 4 is 5.78 Å². The zero-order valence-corrected chi connectivity index (χ0v) is 10.6. The lowest BCUT2D eigenvalue weighted by atomic mass is 9.86. The molecular formula is C16H19NO. The van der Waals surface area contributed by atoms with Crippen LogP contribution in [0.2, 0.25) is 0 Å². The number of Topliss-reactive ketones (excluding diaryl/α,β-unsaturated/α-hetero) is 1. The third-order valence-electron chi connectivity index (χ3n) is 3.98. The van der Waals surface area contributed by atoms with E-state index >= 15 is 0 Å².